The van der Waals surface area contributed by atoms with E-state index in [1.54, 1.807) is 24.3 Å². The van der Waals surface area contributed by atoms with Crippen LogP contribution >= 0.6 is 23.2 Å². The van der Waals surface area contributed by atoms with Crippen molar-refractivity contribution in [1.29, 1.82) is 0 Å². The van der Waals surface area contributed by atoms with Crippen LogP contribution in [0.4, 0.5) is 0 Å². The van der Waals surface area contributed by atoms with E-state index in [0.29, 0.717) is 21.1 Å². The van der Waals surface area contributed by atoms with Crippen molar-refractivity contribution in [3.05, 3.63) is 72.8 Å². The Bertz CT molecular complexity index is 1190. The van der Waals surface area contributed by atoms with E-state index >= 15 is 0 Å². The van der Waals surface area contributed by atoms with E-state index in [2.05, 4.69) is 10.1 Å². The third-order valence-corrected chi connectivity index (χ3v) is 4.33. The number of aromatic nitrogens is 2. The second-order valence-corrected chi connectivity index (χ2v) is 6.56. The number of nitrogens with zero attached hydrogens (tertiary/aromatic N) is 2. The minimum atomic E-state index is -1.17. The SMILES string of the molecule is C[C@@H](Oc1c(Cl)cc(C=Nn2c(=O)[nH]c3ccccc3c2=O)cc1Cl)C(=O)O. The molecule has 0 unspecified atom stereocenters. The summed E-state index contributed by atoms with van der Waals surface area (Å²) in [7, 11) is 0. The molecule has 0 aliphatic heterocycles. The molecule has 8 nitrogen and oxygen atoms in total. The lowest BCUT2D eigenvalue weighted by Gasteiger charge is -2.13. The van der Waals surface area contributed by atoms with Crippen LogP contribution in [0.2, 0.25) is 10.0 Å². The Balaban J connectivity index is 1.98. The van der Waals surface area contributed by atoms with Gasteiger partial charge in [-0.25, -0.2) is 9.59 Å². The van der Waals surface area contributed by atoms with Crippen molar-refractivity contribution < 1.29 is 14.6 Å². The van der Waals surface area contributed by atoms with Crippen molar-refractivity contribution in [2.24, 2.45) is 5.10 Å². The van der Waals surface area contributed by atoms with Gasteiger partial charge in [-0.2, -0.15) is 5.10 Å². The maximum absolute atomic E-state index is 12.4. The van der Waals surface area contributed by atoms with Crippen molar-refractivity contribution in [3.8, 4) is 5.75 Å². The second kappa shape index (κ2) is 7.87. The van der Waals surface area contributed by atoms with E-state index in [-0.39, 0.29) is 15.8 Å². The first kappa shape index (κ1) is 19.7. The average molecular weight is 422 g/mol. The van der Waals surface area contributed by atoms with Gasteiger partial charge in [0.25, 0.3) is 5.56 Å². The summed E-state index contributed by atoms with van der Waals surface area (Å²) in [6.07, 6.45) is 0.0809. The highest BCUT2D eigenvalue weighted by Gasteiger charge is 2.17. The van der Waals surface area contributed by atoms with Crippen molar-refractivity contribution in [3.63, 3.8) is 0 Å². The Morgan fingerprint density at radius 1 is 1.25 bits per heavy atom. The molecule has 2 aromatic carbocycles. The molecule has 2 N–H and O–H groups in total. The van der Waals surface area contributed by atoms with Crippen molar-refractivity contribution in [1.82, 2.24) is 9.66 Å². The number of nitrogens with one attached hydrogen (secondary N) is 1. The highest BCUT2D eigenvalue weighted by molar-refractivity contribution is 6.37. The third kappa shape index (κ3) is 3.92. The second-order valence-electron chi connectivity index (χ2n) is 5.75. The smallest absolute Gasteiger partial charge is 0.349 e. The summed E-state index contributed by atoms with van der Waals surface area (Å²) in [6.45, 7) is 1.34. The molecule has 0 fully saturated rings. The molecular formula is C18H13Cl2N3O5. The molecule has 0 radical (unpaired) electrons. The Morgan fingerprint density at radius 2 is 1.89 bits per heavy atom. The van der Waals surface area contributed by atoms with Crippen molar-refractivity contribution >= 4 is 46.3 Å². The summed E-state index contributed by atoms with van der Waals surface area (Å²) in [6, 6.07) is 9.39. The minimum Gasteiger partial charge on any atom is -0.479 e. The molecule has 0 bridgehead atoms. The van der Waals surface area contributed by atoms with Crippen LogP contribution in [0.5, 0.6) is 5.75 Å². The van der Waals surface area contributed by atoms with E-state index in [1.165, 1.54) is 25.3 Å². The van der Waals surface area contributed by atoms with Crippen LogP contribution in [-0.4, -0.2) is 33.1 Å². The normalized spacial score (nSPS) is 12.4. The van der Waals surface area contributed by atoms with Gasteiger partial charge in [0.2, 0.25) is 0 Å². The van der Waals surface area contributed by atoms with Gasteiger partial charge in [0.1, 0.15) is 0 Å². The zero-order chi connectivity index (χ0) is 20.4. The monoisotopic (exact) mass is 421 g/mol. The fourth-order valence-electron chi connectivity index (χ4n) is 2.38. The molecule has 144 valence electrons. The molecule has 1 heterocycles. The number of para-hydroxylation sites is 1. The number of hydrogen-bond donors (Lipinski definition) is 2. The molecule has 10 heteroatoms. The molecule has 3 rings (SSSR count). The summed E-state index contributed by atoms with van der Waals surface area (Å²) in [5, 5.41) is 13.3. The molecule has 0 aliphatic carbocycles. The first-order chi connectivity index (χ1) is 13.3. The molecule has 0 spiro atoms. The quantitative estimate of drug-likeness (QED) is 0.614. The summed E-state index contributed by atoms with van der Waals surface area (Å²) < 4.78 is 5.90. The van der Waals surface area contributed by atoms with Gasteiger partial charge < -0.3 is 14.8 Å². The molecule has 0 aliphatic rings. The zero-order valence-electron chi connectivity index (χ0n) is 14.3. The third-order valence-electron chi connectivity index (χ3n) is 3.77. The molecule has 1 aromatic heterocycles. The van der Waals surface area contributed by atoms with Crippen LogP contribution in [-0.2, 0) is 4.79 Å². The van der Waals surface area contributed by atoms with E-state index in [0.717, 1.165) is 0 Å². The number of H-pyrrole nitrogens is 1. The number of fused-ring (bicyclic) bond motifs is 1. The molecule has 0 saturated heterocycles. The first-order valence-corrected chi connectivity index (χ1v) is 8.70. The van der Waals surface area contributed by atoms with Gasteiger partial charge in [-0.05, 0) is 36.8 Å². The summed E-state index contributed by atoms with van der Waals surface area (Å²) >= 11 is 12.2. The Hall–Kier alpha value is -3.10. The lowest BCUT2D eigenvalue weighted by molar-refractivity contribution is -0.144. The van der Waals surface area contributed by atoms with Crippen molar-refractivity contribution in [2.75, 3.05) is 0 Å². The number of carboxylic acids is 1. The number of rotatable bonds is 5. The van der Waals surface area contributed by atoms with E-state index in [4.69, 9.17) is 33.0 Å². The Kier molecular flexibility index (Phi) is 5.53. The van der Waals surface area contributed by atoms with Gasteiger partial charge in [0.15, 0.2) is 11.9 Å². The standard InChI is InChI=1S/C18H13Cl2N3O5/c1-9(17(25)26)28-15-12(19)6-10(7-13(15)20)8-21-23-16(24)11-4-2-3-5-14(11)22-18(23)27/h2-9H,1H3,(H,22,27)(H,25,26)/t9-/m1/s1. The lowest BCUT2D eigenvalue weighted by atomic mass is 10.2. The Labute approximate surface area is 167 Å². The zero-order valence-corrected chi connectivity index (χ0v) is 15.9. The van der Waals surface area contributed by atoms with E-state index in [1.807, 2.05) is 0 Å². The van der Waals surface area contributed by atoms with Crippen molar-refractivity contribution in [2.45, 2.75) is 13.0 Å². The fourth-order valence-corrected chi connectivity index (χ4v) is 2.97. The molecule has 28 heavy (non-hydrogen) atoms. The van der Waals surface area contributed by atoms with Gasteiger partial charge in [-0.1, -0.05) is 35.3 Å². The van der Waals surface area contributed by atoms with Gasteiger partial charge in [-0.15, -0.1) is 4.68 Å². The van der Waals surface area contributed by atoms with Gasteiger partial charge in [0.05, 0.1) is 27.2 Å². The summed E-state index contributed by atoms with van der Waals surface area (Å²) in [5.41, 5.74) is -0.496. The molecular weight excluding hydrogens is 409 g/mol. The average Bonchev–Trinajstić information content (AvgIpc) is 2.64. The minimum absolute atomic E-state index is 0.0103. The maximum Gasteiger partial charge on any atom is 0.349 e. The van der Waals surface area contributed by atoms with Gasteiger partial charge in [0, 0.05) is 0 Å². The Morgan fingerprint density at radius 3 is 2.54 bits per heavy atom. The van der Waals surface area contributed by atoms with Gasteiger partial charge >= 0.3 is 11.7 Å². The molecule has 0 amide bonds. The molecule has 0 saturated carbocycles. The number of halogens is 2. The van der Waals surface area contributed by atoms with Crippen LogP contribution in [0.3, 0.4) is 0 Å². The highest BCUT2D eigenvalue weighted by Crippen LogP contribution is 2.34. The summed E-state index contributed by atoms with van der Waals surface area (Å²) in [5.74, 6) is -1.16. The number of benzene rings is 2. The molecule has 3 aromatic rings. The first-order valence-electron chi connectivity index (χ1n) is 7.95. The fraction of sp³-hybridized carbons (Fsp3) is 0.111. The van der Waals surface area contributed by atoms with Crippen LogP contribution in [0.25, 0.3) is 10.9 Å². The number of aromatic amines is 1. The predicted molar refractivity (Wildman–Crippen MR) is 106 cm³/mol. The number of hydrogen-bond acceptors (Lipinski definition) is 5. The maximum atomic E-state index is 12.4. The van der Waals surface area contributed by atoms with Crippen LogP contribution in [0, 0.1) is 0 Å². The molecule has 1 atom stereocenters. The number of carbonyl (C=O) groups is 1. The summed E-state index contributed by atoms with van der Waals surface area (Å²) in [4.78, 5) is 38.0. The predicted octanol–water partition coefficient (Wildman–Crippen LogP) is 2.73. The van der Waals surface area contributed by atoms with Gasteiger partial charge in [-0.3, -0.25) is 4.79 Å². The number of aliphatic carboxylic acids is 1. The van der Waals surface area contributed by atoms with E-state index in [9.17, 15) is 14.4 Å². The lowest BCUT2D eigenvalue weighted by Crippen LogP contribution is -2.32. The number of ether oxygens (including phenoxy) is 1. The topological polar surface area (TPSA) is 114 Å². The highest BCUT2D eigenvalue weighted by atomic mass is 35.5. The largest absolute Gasteiger partial charge is 0.479 e. The van der Waals surface area contributed by atoms with Crippen LogP contribution in [0.15, 0.2) is 51.1 Å². The van der Waals surface area contributed by atoms with Crippen LogP contribution < -0.4 is 16.0 Å². The number of carboxylic acid groups (broad SMARTS) is 1. The van der Waals surface area contributed by atoms with Crippen LogP contribution in [0.1, 0.15) is 12.5 Å². The van der Waals surface area contributed by atoms with E-state index < -0.39 is 23.3 Å².